The molecule has 0 aliphatic rings. The largest absolute Gasteiger partial charge is 0.366 e. The van der Waals surface area contributed by atoms with Crippen LogP contribution < -0.4 is 0 Å². The van der Waals surface area contributed by atoms with Crippen LogP contribution in [0.3, 0.4) is 0 Å². The Morgan fingerprint density at radius 1 is 0.343 bits per heavy atom. The molecule has 4 aromatic rings. The Hall–Kier alpha value is -2.94. The van der Waals surface area contributed by atoms with E-state index in [1.807, 2.05) is 0 Å². The summed E-state index contributed by atoms with van der Waals surface area (Å²) in [5.74, 6) is -27.7. The van der Waals surface area contributed by atoms with Crippen LogP contribution in [0.1, 0.15) is 0 Å². The van der Waals surface area contributed by atoms with E-state index in [1.54, 1.807) is 0 Å². The van der Waals surface area contributed by atoms with E-state index in [0.717, 1.165) is 12.4 Å². The van der Waals surface area contributed by atoms with Crippen LogP contribution in [0.5, 0.6) is 0 Å². The maximum absolute atomic E-state index is 15.2. The van der Waals surface area contributed by atoms with E-state index < -0.39 is 124 Å². The molecule has 0 aliphatic heterocycles. The van der Waals surface area contributed by atoms with Crippen molar-refractivity contribution in [2.45, 2.75) is 19.6 Å². The van der Waals surface area contributed by atoms with E-state index >= 15 is 8.78 Å². The van der Waals surface area contributed by atoms with Crippen molar-refractivity contribution in [3.63, 3.8) is 0 Å². The zero-order valence-corrected chi connectivity index (χ0v) is 17.6. The van der Waals surface area contributed by atoms with Crippen molar-refractivity contribution in [1.82, 2.24) is 4.98 Å². The standard InChI is InChI=1S/C20H3F12NS2/c21-5-3-1-33-2-4(3)6(22)20(35-18-15(31)11(27)8(24)12(28)16(18)32)19(5)34-17-13(29)9(25)7(23)10(26)14(17)30/h1-2,33H. The van der Waals surface area contributed by atoms with Crippen LogP contribution in [-0.2, 0) is 0 Å². The summed E-state index contributed by atoms with van der Waals surface area (Å²) in [4.78, 5) is -3.68. The van der Waals surface area contributed by atoms with Gasteiger partial charge in [-0.3, -0.25) is 0 Å². The fraction of sp³-hybridized carbons (Fsp3) is 0. The predicted octanol–water partition coefficient (Wildman–Crippen LogP) is 8.14. The topological polar surface area (TPSA) is 15.8 Å². The molecule has 0 aliphatic carbocycles. The first kappa shape index (κ1) is 25.2. The first-order chi connectivity index (χ1) is 16.4. The highest BCUT2D eigenvalue weighted by atomic mass is 32.2. The summed E-state index contributed by atoms with van der Waals surface area (Å²) in [7, 11) is 0. The summed E-state index contributed by atoms with van der Waals surface area (Å²) < 4.78 is 168. The minimum Gasteiger partial charge on any atom is -0.366 e. The second-order valence-electron chi connectivity index (χ2n) is 6.57. The van der Waals surface area contributed by atoms with E-state index in [4.69, 9.17) is 0 Å². The monoisotopic (exact) mass is 549 g/mol. The SMILES string of the molecule is Fc1c(F)c(F)c(Sc2c(Sc3c(F)c(F)c(F)c(F)c3F)c(F)c3c[nH]cc3c2F)c(F)c1F. The van der Waals surface area contributed by atoms with Gasteiger partial charge in [-0.25, -0.2) is 52.7 Å². The van der Waals surface area contributed by atoms with Crippen molar-refractivity contribution in [1.29, 1.82) is 0 Å². The number of nitrogens with one attached hydrogen (secondary N) is 1. The number of aromatic nitrogens is 1. The Balaban J connectivity index is 2.01. The van der Waals surface area contributed by atoms with Gasteiger partial charge in [-0.1, -0.05) is 23.5 Å². The summed E-state index contributed by atoms with van der Waals surface area (Å²) in [6.45, 7) is 0. The van der Waals surface area contributed by atoms with Crippen LogP contribution in [-0.4, -0.2) is 4.98 Å². The van der Waals surface area contributed by atoms with Gasteiger partial charge in [0, 0.05) is 23.2 Å². The quantitative estimate of drug-likeness (QED) is 0.157. The van der Waals surface area contributed by atoms with Gasteiger partial charge >= 0.3 is 0 Å². The molecule has 0 spiro atoms. The fourth-order valence-corrected chi connectivity index (χ4v) is 5.05. The highest BCUT2D eigenvalue weighted by molar-refractivity contribution is 8.02. The highest BCUT2D eigenvalue weighted by Gasteiger charge is 2.32. The van der Waals surface area contributed by atoms with Crippen molar-refractivity contribution < 1.29 is 52.7 Å². The molecule has 0 unspecified atom stereocenters. The third kappa shape index (κ3) is 3.80. The van der Waals surface area contributed by atoms with Crippen molar-refractivity contribution in [2.24, 2.45) is 0 Å². The fourth-order valence-electron chi connectivity index (χ4n) is 2.91. The summed E-state index contributed by atoms with van der Waals surface area (Å²) in [5, 5.41) is -1.23. The van der Waals surface area contributed by atoms with Crippen molar-refractivity contribution in [2.75, 3.05) is 0 Å². The number of fused-ring (bicyclic) bond motifs is 1. The summed E-state index contributed by atoms with van der Waals surface area (Å²) in [6, 6.07) is 0. The van der Waals surface area contributed by atoms with Gasteiger partial charge in [0.1, 0.15) is 11.6 Å². The lowest BCUT2D eigenvalue weighted by Crippen LogP contribution is -2.05. The van der Waals surface area contributed by atoms with E-state index in [1.165, 1.54) is 0 Å². The molecule has 1 heterocycles. The zero-order valence-electron chi connectivity index (χ0n) is 16.0. The number of hydrogen-bond acceptors (Lipinski definition) is 2. The molecule has 0 saturated carbocycles. The average molecular weight is 549 g/mol. The lowest BCUT2D eigenvalue weighted by molar-refractivity contribution is 0.360. The summed E-state index contributed by atoms with van der Waals surface area (Å²) in [5.41, 5.74) is 0. The first-order valence-corrected chi connectivity index (χ1v) is 10.4. The Morgan fingerprint density at radius 3 is 0.886 bits per heavy atom. The Labute approximate surface area is 194 Å². The van der Waals surface area contributed by atoms with E-state index in [2.05, 4.69) is 4.98 Å². The smallest absolute Gasteiger partial charge is 0.200 e. The maximum atomic E-state index is 15.2. The lowest BCUT2D eigenvalue weighted by atomic mass is 10.2. The van der Waals surface area contributed by atoms with Crippen LogP contribution in [0.25, 0.3) is 10.8 Å². The third-order valence-corrected chi connectivity index (χ3v) is 7.00. The van der Waals surface area contributed by atoms with E-state index in [-0.39, 0.29) is 0 Å². The molecule has 0 bridgehead atoms. The molecular formula is C20H3F12NS2. The van der Waals surface area contributed by atoms with Crippen LogP contribution in [0.4, 0.5) is 52.7 Å². The number of halogens is 12. The molecule has 1 aromatic heterocycles. The minimum atomic E-state index is -2.55. The Kier molecular flexibility index (Phi) is 6.42. The molecule has 0 radical (unpaired) electrons. The van der Waals surface area contributed by atoms with Gasteiger partial charge in [-0.05, 0) is 0 Å². The van der Waals surface area contributed by atoms with Crippen LogP contribution in [0.2, 0.25) is 0 Å². The summed E-state index contributed by atoms with van der Waals surface area (Å²) in [6.07, 6.45) is 1.67. The normalized spacial score (nSPS) is 11.7. The van der Waals surface area contributed by atoms with E-state index in [0.29, 0.717) is 0 Å². The van der Waals surface area contributed by atoms with Gasteiger partial charge in [0.15, 0.2) is 46.5 Å². The summed E-state index contributed by atoms with van der Waals surface area (Å²) >= 11 is -1.09. The Bertz CT molecular complexity index is 1360. The lowest BCUT2D eigenvalue weighted by Gasteiger charge is -2.15. The average Bonchev–Trinajstić information content (AvgIpc) is 3.34. The molecule has 0 fully saturated rings. The van der Waals surface area contributed by atoms with Crippen LogP contribution >= 0.6 is 23.5 Å². The molecule has 0 atom stereocenters. The molecule has 0 saturated heterocycles. The maximum Gasteiger partial charge on any atom is 0.200 e. The predicted molar refractivity (Wildman–Crippen MR) is 98.9 cm³/mol. The molecule has 0 amide bonds. The number of hydrogen-bond donors (Lipinski definition) is 1. The van der Waals surface area contributed by atoms with Gasteiger partial charge in [0.2, 0.25) is 11.6 Å². The molecule has 15 heteroatoms. The van der Waals surface area contributed by atoms with Gasteiger partial charge in [0.05, 0.1) is 19.6 Å². The molecule has 3 aromatic carbocycles. The molecule has 184 valence electrons. The molecule has 35 heavy (non-hydrogen) atoms. The van der Waals surface area contributed by atoms with Crippen molar-refractivity contribution in [3.05, 3.63) is 82.2 Å². The highest BCUT2D eigenvalue weighted by Crippen LogP contribution is 2.48. The number of H-pyrrole nitrogens is 1. The molecule has 4 rings (SSSR count). The number of aromatic amines is 1. The molecule has 1 nitrogen and oxygen atoms in total. The minimum absolute atomic E-state index is 0.547. The van der Waals surface area contributed by atoms with Gasteiger partial charge < -0.3 is 4.98 Å². The van der Waals surface area contributed by atoms with Crippen molar-refractivity contribution in [3.8, 4) is 0 Å². The van der Waals surface area contributed by atoms with Gasteiger partial charge in [-0.2, -0.15) is 0 Å². The van der Waals surface area contributed by atoms with Gasteiger partial charge in [0.25, 0.3) is 0 Å². The first-order valence-electron chi connectivity index (χ1n) is 8.74. The van der Waals surface area contributed by atoms with Crippen LogP contribution in [0.15, 0.2) is 32.0 Å². The third-order valence-electron chi connectivity index (χ3n) is 4.57. The Morgan fingerprint density at radius 2 is 0.600 bits per heavy atom. The number of benzene rings is 3. The number of rotatable bonds is 4. The second-order valence-corrected chi connectivity index (χ2v) is 8.61. The molecular weight excluding hydrogens is 546 g/mol. The molecule has 1 N–H and O–H groups in total. The second kappa shape index (κ2) is 8.93. The van der Waals surface area contributed by atoms with Gasteiger partial charge in [-0.15, -0.1) is 0 Å². The zero-order chi connectivity index (χ0) is 25.9. The van der Waals surface area contributed by atoms with Crippen LogP contribution in [0, 0.1) is 69.8 Å². The van der Waals surface area contributed by atoms with E-state index in [9.17, 15) is 43.9 Å². The van der Waals surface area contributed by atoms with Crippen molar-refractivity contribution >= 4 is 34.3 Å².